The fourth-order valence-electron chi connectivity index (χ4n) is 1.77. The average molecular weight is 422 g/mol. The Morgan fingerprint density at radius 2 is 1.56 bits per heavy atom. The monoisotopic (exact) mass is 421 g/mol. The number of primary amides is 1. The van der Waals surface area contributed by atoms with Crippen LogP contribution in [-0.2, 0) is 23.2 Å². The summed E-state index contributed by atoms with van der Waals surface area (Å²) in [4.78, 5) is 28.1. The van der Waals surface area contributed by atoms with Crippen molar-refractivity contribution >= 4 is 43.1 Å². The molecule has 3 N–H and O–H groups in total. The summed E-state index contributed by atoms with van der Waals surface area (Å²) >= 11 is 0. The molecule has 0 aliphatic carbocycles. The maximum atomic E-state index is 12.9. The molecule has 0 unspecified atom stereocenters. The van der Waals surface area contributed by atoms with E-state index in [-0.39, 0.29) is 12.4 Å². The minimum absolute atomic E-state index is 0. The molecule has 27 heavy (non-hydrogen) atoms. The molecule has 1 rings (SSSR count). The molecule has 0 spiro atoms. The van der Waals surface area contributed by atoms with E-state index in [2.05, 4.69) is 15.3 Å². The van der Waals surface area contributed by atoms with Crippen molar-refractivity contribution in [2.45, 2.75) is 46.8 Å². The molecule has 0 heterocycles. The van der Waals surface area contributed by atoms with Crippen LogP contribution in [-0.4, -0.2) is 29.7 Å². The summed E-state index contributed by atoms with van der Waals surface area (Å²) in [7, 11) is -4.17. The first-order valence-electron chi connectivity index (χ1n) is 7.93. The first-order valence-corrected chi connectivity index (χ1v) is 9.47. The van der Waals surface area contributed by atoms with Crippen molar-refractivity contribution in [3.8, 4) is 0 Å². The maximum absolute atomic E-state index is 12.9. The molecular weight excluding hydrogens is 397 g/mol. The standard InChI is InChI=1S/C16H24N3O6P.ClH/c1-10(2)24-26(22,25-11(3)4)15(14(17)20)19-23-16(21)18-13-8-6-12(5)7-9-13;/h6-11H,1-5H3,(H2,17,20)(H,18,21);1H/b19-15-;. The molecular formula is C16H25ClN3O6P. The molecule has 152 valence electrons. The van der Waals surface area contributed by atoms with Crippen molar-refractivity contribution in [2.24, 2.45) is 10.9 Å². The lowest BCUT2D eigenvalue weighted by atomic mass is 10.2. The van der Waals surface area contributed by atoms with Crippen LogP contribution >= 0.6 is 20.0 Å². The molecule has 0 saturated carbocycles. The van der Waals surface area contributed by atoms with Crippen molar-refractivity contribution in [1.82, 2.24) is 0 Å². The third-order valence-corrected chi connectivity index (χ3v) is 4.91. The van der Waals surface area contributed by atoms with Gasteiger partial charge >= 0.3 is 13.7 Å². The van der Waals surface area contributed by atoms with Gasteiger partial charge in [-0.25, -0.2) is 4.79 Å². The zero-order chi connectivity index (χ0) is 19.9. The largest absolute Gasteiger partial charge is 0.437 e. The van der Waals surface area contributed by atoms with Crippen LogP contribution in [0.4, 0.5) is 10.5 Å². The molecule has 9 nitrogen and oxygen atoms in total. The number of amides is 2. The Hall–Kier alpha value is -1.93. The fraction of sp³-hybridized carbons (Fsp3) is 0.438. The minimum Gasteiger partial charge on any atom is -0.364 e. The Morgan fingerprint density at radius 3 is 1.96 bits per heavy atom. The second-order valence-corrected chi connectivity index (χ2v) is 7.79. The molecule has 2 amide bonds. The minimum atomic E-state index is -4.17. The van der Waals surface area contributed by atoms with Crippen molar-refractivity contribution in [1.29, 1.82) is 0 Å². The van der Waals surface area contributed by atoms with Crippen molar-refractivity contribution in [3.63, 3.8) is 0 Å². The number of carbonyl (C=O) groups excluding carboxylic acids is 2. The van der Waals surface area contributed by atoms with Crippen LogP contribution in [0.15, 0.2) is 29.4 Å². The highest BCUT2D eigenvalue weighted by Gasteiger charge is 2.39. The van der Waals surface area contributed by atoms with Gasteiger partial charge < -0.3 is 14.8 Å². The number of hydrogen-bond donors (Lipinski definition) is 2. The van der Waals surface area contributed by atoms with Crippen LogP contribution in [0.3, 0.4) is 0 Å². The third-order valence-electron chi connectivity index (χ3n) is 2.69. The van der Waals surface area contributed by atoms with Crippen molar-refractivity contribution in [2.75, 3.05) is 5.32 Å². The first-order chi connectivity index (χ1) is 12.0. The number of rotatable bonds is 8. The van der Waals surface area contributed by atoms with E-state index in [1.807, 2.05) is 6.92 Å². The van der Waals surface area contributed by atoms with E-state index >= 15 is 0 Å². The maximum Gasteiger partial charge on any atom is 0.437 e. The topological polar surface area (TPSA) is 129 Å². The first kappa shape index (κ1) is 25.1. The summed E-state index contributed by atoms with van der Waals surface area (Å²) in [5.41, 5.74) is 5.89. The third kappa shape index (κ3) is 8.53. The summed E-state index contributed by atoms with van der Waals surface area (Å²) in [6.07, 6.45) is -2.09. The van der Waals surface area contributed by atoms with E-state index in [0.29, 0.717) is 5.69 Å². The summed E-state index contributed by atoms with van der Waals surface area (Å²) < 4.78 is 23.3. The molecule has 1 aromatic carbocycles. The Bertz CT molecular complexity index is 707. The Labute approximate surface area is 164 Å². The average Bonchev–Trinajstić information content (AvgIpc) is 2.47. The van der Waals surface area contributed by atoms with E-state index in [0.717, 1.165) is 5.56 Å². The predicted octanol–water partition coefficient (Wildman–Crippen LogP) is 3.81. The zero-order valence-corrected chi connectivity index (χ0v) is 17.5. The smallest absolute Gasteiger partial charge is 0.364 e. The predicted molar refractivity (Wildman–Crippen MR) is 105 cm³/mol. The lowest BCUT2D eigenvalue weighted by Gasteiger charge is -2.21. The van der Waals surface area contributed by atoms with E-state index in [9.17, 15) is 14.2 Å². The Kier molecular flexibility index (Phi) is 10.2. The number of nitrogens with one attached hydrogen (secondary N) is 1. The zero-order valence-electron chi connectivity index (χ0n) is 15.8. The summed E-state index contributed by atoms with van der Waals surface area (Å²) in [5, 5.41) is 5.74. The highest BCUT2D eigenvalue weighted by molar-refractivity contribution is 7.75. The van der Waals surface area contributed by atoms with Crippen LogP contribution in [0, 0.1) is 6.92 Å². The fourth-order valence-corrected chi connectivity index (χ4v) is 3.54. The number of oxime groups is 1. The van der Waals surface area contributed by atoms with Crippen LogP contribution in [0.1, 0.15) is 33.3 Å². The quantitative estimate of drug-likeness (QED) is 0.284. The number of benzene rings is 1. The summed E-state index contributed by atoms with van der Waals surface area (Å²) in [6.45, 7) is 8.28. The SMILES string of the molecule is Cc1ccc(NC(=O)O/N=C(/C(N)=O)P(=O)(OC(C)C)OC(C)C)cc1.Cl. The van der Waals surface area contributed by atoms with Gasteiger partial charge in [0.2, 0.25) is 0 Å². The molecule has 0 radical (unpaired) electrons. The van der Waals surface area contributed by atoms with Gasteiger partial charge in [0.25, 0.3) is 11.4 Å². The summed E-state index contributed by atoms with van der Waals surface area (Å²) in [6, 6.07) is 6.89. The molecule has 0 bridgehead atoms. The summed E-state index contributed by atoms with van der Waals surface area (Å²) in [5.74, 6) is -1.18. The van der Waals surface area contributed by atoms with E-state index in [1.165, 1.54) is 0 Å². The number of carbonyl (C=O) groups is 2. The number of halogens is 1. The molecule has 0 aliphatic rings. The second-order valence-electron chi connectivity index (χ2n) is 5.95. The highest BCUT2D eigenvalue weighted by Crippen LogP contribution is 2.52. The normalized spacial score (nSPS) is 11.9. The number of anilines is 1. The molecule has 0 atom stereocenters. The Morgan fingerprint density at radius 1 is 1.07 bits per heavy atom. The van der Waals surface area contributed by atoms with Gasteiger partial charge in [-0.2, -0.15) is 0 Å². The molecule has 11 heteroatoms. The van der Waals surface area contributed by atoms with Crippen molar-refractivity contribution in [3.05, 3.63) is 29.8 Å². The van der Waals surface area contributed by atoms with Gasteiger partial charge in [-0.3, -0.25) is 19.5 Å². The number of hydrogen-bond acceptors (Lipinski definition) is 7. The molecule has 0 aromatic heterocycles. The van der Waals surface area contributed by atoms with Crippen LogP contribution < -0.4 is 11.1 Å². The Balaban J connectivity index is 0.00000676. The lowest BCUT2D eigenvalue weighted by Crippen LogP contribution is -2.28. The van der Waals surface area contributed by atoms with Gasteiger partial charge in [0.1, 0.15) is 0 Å². The lowest BCUT2D eigenvalue weighted by molar-refractivity contribution is -0.111. The van der Waals surface area contributed by atoms with Gasteiger partial charge in [-0.05, 0) is 46.8 Å². The van der Waals surface area contributed by atoms with Crippen LogP contribution in [0.25, 0.3) is 0 Å². The molecule has 0 fully saturated rings. The van der Waals surface area contributed by atoms with E-state index in [4.69, 9.17) is 14.8 Å². The van der Waals surface area contributed by atoms with Gasteiger partial charge in [0, 0.05) is 5.69 Å². The molecule has 0 saturated heterocycles. The van der Waals surface area contributed by atoms with Gasteiger partial charge in [-0.1, -0.05) is 22.9 Å². The van der Waals surface area contributed by atoms with Crippen molar-refractivity contribution < 1.29 is 28.0 Å². The molecule has 1 aromatic rings. The molecule has 0 aliphatic heterocycles. The number of nitrogens with zero attached hydrogens (tertiary/aromatic N) is 1. The second kappa shape index (κ2) is 11.0. The van der Waals surface area contributed by atoms with Gasteiger partial charge in [0.05, 0.1) is 12.2 Å². The van der Waals surface area contributed by atoms with E-state index < -0.39 is 37.3 Å². The number of nitrogens with two attached hydrogens (primary N) is 1. The van der Waals surface area contributed by atoms with Crippen LogP contribution in [0.2, 0.25) is 0 Å². The number of aryl methyl sites for hydroxylation is 1. The van der Waals surface area contributed by atoms with E-state index in [1.54, 1.807) is 52.0 Å². The highest BCUT2D eigenvalue weighted by atomic mass is 35.5. The van der Waals surface area contributed by atoms with Gasteiger partial charge in [-0.15, -0.1) is 12.4 Å². The van der Waals surface area contributed by atoms with Gasteiger partial charge in [0.15, 0.2) is 0 Å². The van der Waals surface area contributed by atoms with Crippen LogP contribution in [0.5, 0.6) is 0 Å².